The molecule has 33 heavy (non-hydrogen) atoms. The van der Waals surface area contributed by atoms with Crippen LogP contribution in [0.1, 0.15) is 27.0 Å². The molecule has 3 aromatic heterocycles. The zero-order chi connectivity index (χ0) is 23.5. The number of carbonyl (C=O) groups excluding carboxylic acids is 2. The van der Waals surface area contributed by atoms with Gasteiger partial charge in [0.05, 0.1) is 21.5 Å². The molecular weight excluding hydrogens is 460 g/mol. The van der Waals surface area contributed by atoms with Gasteiger partial charge in [0.25, 0.3) is 11.5 Å². The zero-order valence-corrected chi connectivity index (χ0v) is 19.8. The van der Waals surface area contributed by atoms with Crippen LogP contribution < -0.4 is 16.4 Å². The van der Waals surface area contributed by atoms with Crippen LogP contribution >= 0.6 is 23.1 Å². The number of amides is 2. The third kappa shape index (κ3) is 4.41. The first-order valence-electron chi connectivity index (χ1n) is 10.2. The largest absolute Gasteiger partial charge is 0.279 e. The molecule has 9 nitrogen and oxygen atoms in total. The van der Waals surface area contributed by atoms with Gasteiger partial charge < -0.3 is 0 Å². The lowest BCUT2D eigenvalue weighted by Gasteiger charge is -2.09. The molecule has 0 spiro atoms. The first-order chi connectivity index (χ1) is 15.9. The third-order valence-corrected chi connectivity index (χ3v) is 7.31. The topological polar surface area (TPSA) is 110 Å². The number of thiophene rings is 1. The average Bonchev–Trinajstić information content (AvgIpc) is 3.42. The van der Waals surface area contributed by atoms with Crippen molar-refractivity contribution in [3.05, 3.63) is 68.7 Å². The van der Waals surface area contributed by atoms with Crippen molar-refractivity contribution in [2.24, 2.45) is 0 Å². The van der Waals surface area contributed by atoms with Crippen molar-refractivity contribution >= 4 is 51.6 Å². The molecule has 0 fully saturated rings. The van der Waals surface area contributed by atoms with Gasteiger partial charge >= 0.3 is 0 Å². The predicted molar refractivity (Wildman–Crippen MR) is 130 cm³/mol. The summed E-state index contributed by atoms with van der Waals surface area (Å²) in [6.07, 6.45) is 2.47. The second-order valence-electron chi connectivity index (χ2n) is 7.20. The van der Waals surface area contributed by atoms with Crippen molar-refractivity contribution in [3.8, 4) is 0 Å². The molecule has 0 radical (unpaired) electrons. The van der Waals surface area contributed by atoms with Gasteiger partial charge in [0.15, 0.2) is 5.16 Å². The number of aromatic nitrogens is 4. The van der Waals surface area contributed by atoms with E-state index in [2.05, 4.69) is 27.6 Å². The highest BCUT2D eigenvalue weighted by atomic mass is 32.2. The highest BCUT2D eigenvalue weighted by molar-refractivity contribution is 7.99. The lowest BCUT2D eigenvalue weighted by atomic mass is 10.2. The second kappa shape index (κ2) is 9.59. The van der Waals surface area contributed by atoms with Crippen LogP contribution in [0.5, 0.6) is 0 Å². The minimum Gasteiger partial charge on any atom is -0.272 e. The van der Waals surface area contributed by atoms with E-state index in [0.29, 0.717) is 26.7 Å². The summed E-state index contributed by atoms with van der Waals surface area (Å²) < 4.78 is 3.23. The van der Waals surface area contributed by atoms with Crippen LogP contribution in [0.25, 0.3) is 16.7 Å². The van der Waals surface area contributed by atoms with Crippen molar-refractivity contribution in [3.63, 3.8) is 0 Å². The number of hydrogen-bond donors (Lipinski definition) is 2. The minimum absolute atomic E-state index is 0.000334. The van der Waals surface area contributed by atoms with Crippen molar-refractivity contribution in [1.82, 2.24) is 30.0 Å². The molecule has 0 saturated carbocycles. The lowest BCUT2D eigenvalue weighted by Crippen LogP contribution is -2.42. The number of carbonyl (C=O) groups is 2. The Labute approximate surface area is 197 Å². The Hall–Kier alpha value is -3.44. The lowest BCUT2D eigenvalue weighted by molar-refractivity contribution is -0.119. The van der Waals surface area contributed by atoms with Crippen LogP contribution in [0.2, 0.25) is 0 Å². The molecule has 4 rings (SSSR count). The Kier molecular flexibility index (Phi) is 6.61. The SMILES string of the molecule is C=CCn1c(=O)c2ccccc2n2c(SCC(=O)NNC(=O)c3cc(C)c(CC)s3)nnc12. The number of allylic oxidation sites excluding steroid dienone is 1. The van der Waals surface area contributed by atoms with Gasteiger partial charge in [-0.2, -0.15) is 0 Å². The number of nitrogens with one attached hydrogen (secondary N) is 2. The molecule has 11 heteroatoms. The van der Waals surface area contributed by atoms with Gasteiger partial charge in [-0.15, -0.1) is 28.1 Å². The van der Waals surface area contributed by atoms with E-state index >= 15 is 0 Å². The molecule has 0 saturated heterocycles. The molecule has 0 unspecified atom stereocenters. The second-order valence-corrected chi connectivity index (χ2v) is 9.28. The Balaban J connectivity index is 1.50. The number of rotatable bonds is 7. The van der Waals surface area contributed by atoms with Gasteiger partial charge in [0.1, 0.15) is 0 Å². The molecule has 0 bridgehead atoms. The van der Waals surface area contributed by atoms with Crippen LogP contribution in [0.4, 0.5) is 0 Å². The standard InChI is InChI=1S/C22H22N6O3S2/c1-4-10-27-20(31)14-8-6-7-9-15(14)28-21(27)25-26-22(28)32-12-18(29)23-24-19(30)17-11-13(3)16(5-2)33-17/h4,6-9,11H,1,5,10,12H2,2-3H3,(H,23,29)(H,24,30). The number of para-hydroxylation sites is 1. The normalized spacial score (nSPS) is 11.1. The minimum atomic E-state index is -0.391. The summed E-state index contributed by atoms with van der Waals surface area (Å²) in [4.78, 5) is 39.2. The molecule has 2 amide bonds. The van der Waals surface area contributed by atoms with Gasteiger partial charge in [-0.3, -0.25) is 34.2 Å². The van der Waals surface area contributed by atoms with E-state index in [0.717, 1.165) is 28.6 Å². The summed E-state index contributed by atoms with van der Waals surface area (Å²) >= 11 is 2.57. The fourth-order valence-electron chi connectivity index (χ4n) is 3.46. The Morgan fingerprint density at radius 3 is 2.76 bits per heavy atom. The quantitative estimate of drug-likeness (QED) is 0.238. The Morgan fingerprint density at radius 1 is 1.24 bits per heavy atom. The molecule has 0 aliphatic rings. The zero-order valence-electron chi connectivity index (χ0n) is 18.1. The molecule has 0 aliphatic heterocycles. The van der Waals surface area contributed by atoms with E-state index in [1.807, 2.05) is 32.0 Å². The van der Waals surface area contributed by atoms with Crippen LogP contribution in [0.3, 0.4) is 0 Å². The van der Waals surface area contributed by atoms with Crippen molar-refractivity contribution in [2.75, 3.05) is 5.75 Å². The van der Waals surface area contributed by atoms with Gasteiger partial charge in [0, 0.05) is 11.4 Å². The average molecular weight is 483 g/mol. The monoisotopic (exact) mass is 482 g/mol. The van der Waals surface area contributed by atoms with E-state index < -0.39 is 5.91 Å². The van der Waals surface area contributed by atoms with Crippen LogP contribution in [0, 0.1) is 6.92 Å². The van der Waals surface area contributed by atoms with E-state index in [1.54, 1.807) is 22.6 Å². The highest BCUT2D eigenvalue weighted by Crippen LogP contribution is 2.23. The molecule has 2 N–H and O–H groups in total. The van der Waals surface area contributed by atoms with Gasteiger partial charge in [-0.05, 0) is 37.1 Å². The number of benzene rings is 1. The highest BCUT2D eigenvalue weighted by Gasteiger charge is 2.18. The molecule has 1 aromatic carbocycles. The molecular formula is C22H22N6O3S2. The summed E-state index contributed by atoms with van der Waals surface area (Å²) in [5.41, 5.74) is 6.42. The van der Waals surface area contributed by atoms with E-state index in [9.17, 15) is 14.4 Å². The maximum atomic E-state index is 12.8. The summed E-state index contributed by atoms with van der Waals surface area (Å²) in [7, 11) is 0. The number of thioether (sulfide) groups is 1. The van der Waals surface area contributed by atoms with Crippen molar-refractivity contribution in [2.45, 2.75) is 32.0 Å². The van der Waals surface area contributed by atoms with Crippen molar-refractivity contribution in [1.29, 1.82) is 0 Å². The first-order valence-corrected chi connectivity index (χ1v) is 12.0. The summed E-state index contributed by atoms with van der Waals surface area (Å²) in [6.45, 7) is 7.99. The Bertz CT molecular complexity index is 1440. The fourth-order valence-corrected chi connectivity index (χ4v) is 5.21. The molecule has 4 aromatic rings. The van der Waals surface area contributed by atoms with E-state index in [1.165, 1.54) is 15.9 Å². The summed E-state index contributed by atoms with van der Waals surface area (Å²) in [5, 5.41) is 9.32. The number of aryl methyl sites for hydroxylation is 2. The first kappa shape index (κ1) is 22.7. The maximum Gasteiger partial charge on any atom is 0.279 e. The molecule has 0 atom stereocenters. The molecule has 0 aliphatic carbocycles. The van der Waals surface area contributed by atoms with Crippen LogP contribution in [-0.4, -0.2) is 36.7 Å². The fraction of sp³-hybridized carbons (Fsp3) is 0.227. The van der Waals surface area contributed by atoms with E-state index in [4.69, 9.17) is 0 Å². The van der Waals surface area contributed by atoms with Gasteiger partial charge in [-0.1, -0.05) is 36.9 Å². The van der Waals surface area contributed by atoms with Gasteiger partial charge in [0.2, 0.25) is 11.7 Å². The Morgan fingerprint density at radius 2 is 2.03 bits per heavy atom. The number of hydrogen-bond acceptors (Lipinski definition) is 7. The molecule has 170 valence electrons. The number of hydrazine groups is 1. The third-order valence-electron chi connectivity index (χ3n) is 5.00. The molecule has 3 heterocycles. The van der Waals surface area contributed by atoms with E-state index in [-0.39, 0.29) is 23.8 Å². The number of fused-ring (bicyclic) bond motifs is 3. The summed E-state index contributed by atoms with van der Waals surface area (Å²) in [5.74, 6) is -0.374. The number of nitrogens with zero attached hydrogens (tertiary/aromatic N) is 4. The predicted octanol–water partition coefficient (Wildman–Crippen LogP) is 2.72. The maximum absolute atomic E-state index is 12.8. The van der Waals surface area contributed by atoms with Crippen LogP contribution in [0.15, 0.2) is 52.9 Å². The summed E-state index contributed by atoms with van der Waals surface area (Å²) in [6, 6.07) is 8.98. The van der Waals surface area contributed by atoms with Crippen molar-refractivity contribution < 1.29 is 9.59 Å². The van der Waals surface area contributed by atoms with Gasteiger partial charge in [-0.25, -0.2) is 0 Å². The smallest absolute Gasteiger partial charge is 0.272 e. The van der Waals surface area contributed by atoms with Crippen LogP contribution in [-0.2, 0) is 17.8 Å².